The number of carbonyl (C=O) groups excluding carboxylic acids is 2. The van der Waals surface area contributed by atoms with Crippen molar-refractivity contribution in [2.75, 3.05) is 64.9 Å². The van der Waals surface area contributed by atoms with E-state index in [9.17, 15) is 9.59 Å². The number of nitrogens with zero attached hydrogens (tertiary/aromatic N) is 3. The van der Waals surface area contributed by atoms with Gasteiger partial charge in [0.15, 0.2) is 0 Å². The lowest BCUT2D eigenvalue weighted by Gasteiger charge is -2.36. The number of hydrogen-bond donors (Lipinski definition) is 1. The van der Waals surface area contributed by atoms with Gasteiger partial charge in [-0.05, 0) is 18.6 Å². The third-order valence-electron chi connectivity index (χ3n) is 4.53. The van der Waals surface area contributed by atoms with Gasteiger partial charge in [-0.15, -0.1) is 0 Å². The number of methoxy groups -OCH3 is 1. The summed E-state index contributed by atoms with van der Waals surface area (Å²) in [6, 6.07) is 8.03. The SMILES string of the molecule is CCCNC(=O)CN(C)C(=O)CN1CCN(c2cccc(OC)c2)CC1. The molecule has 7 heteroatoms. The highest BCUT2D eigenvalue weighted by molar-refractivity contribution is 5.85. The lowest BCUT2D eigenvalue weighted by molar-refractivity contribution is -0.135. The third kappa shape index (κ3) is 5.91. The van der Waals surface area contributed by atoms with E-state index in [0.29, 0.717) is 13.1 Å². The van der Waals surface area contributed by atoms with Gasteiger partial charge in [-0.2, -0.15) is 0 Å². The van der Waals surface area contributed by atoms with Gasteiger partial charge in [-0.3, -0.25) is 14.5 Å². The molecule has 0 unspecified atom stereocenters. The van der Waals surface area contributed by atoms with Crippen molar-refractivity contribution in [2.45, 2.75) is 13.3 Å². The van der Waals surface area contributed by atoms with Gasteiger partial charge in [-0.25, -0.2) is 0 Å². The van der Waals surface area contributed by atoms with Crippen LogP contribution in [0.1, 0.15) is 13.3 Å². The number of likely N-dealkylation sites (N-methyl/N-ethyl adjacent to an activating group) is 1. The van der Waals surface area contributed by atoms with Crippen LogP contribution in [0.3, 0.4) is 0 Å². The number of ether oxygens (including phenoxy) is 1. The maximum atomic E-state index is 12.3. The molecule has 0 radical (unpaired) electrons. The Balaban J connectivity index is 1.77. The molecular formula is C19H30N4O3. The van der Waals surface area contributed by atoms with Crippen LogP contribution in [0.15, 0.2) is 24.3 Å². The number of nitrogens with one attached hydrogen (secondary N) is 1. The van der Waals surface area contributed by atoms with Crippen molar-refractivity contribution in [1.29, 1.82) is 0 Å². The first-order valence-electron chi connectivity index (χ1n) is 9.15. The molecule has 0 saturated carbocycles. The smallest absolute Gasteiger partial charge is 0.239 e. The van der Waals surface area contributed by atoms with Crippen LogP contribution in [0, 0.1) is 0 Å². The number of amides is 2. The Kier molecular flexibility index (Phi) is 7.72. The van der Waals surface area contributed by atoms with Gasteiger partial charge >= 0.3 is 0 Å². The van der Waals surface area contributed by atoms with Gasteiger partial charge in [0, 0.05) is 51.5 Å². The van der Waals surface area contributed by atoms with Crippen LogP contribution in [0.25, 0.3) is 0 Å². The number of anilines is 1. The summed E-state index contributed by atoms with van der Waals surface area (Å²) < 4.78 is 5.28. The minimum atomic E-state index is -0.106. The summed E-state index contributed by atoms with van der Waals surface area (Å²) in [6.45, 7) is 6.47. The van der Waals surface area contributed by atoms with Crippen molar-refractivity contribution < 1.29 is 14.3 Å². The second-order valence-corrected chi connectivity index (χ2v) is 6.56. The summed E-state index contributed by atoms with van der Waals surface area (Å²) in [5, 5.41) is 2.79. The molecule has 1 aliphatic heterocycles. The first kappa shape index (κ1) is 20.0. The Labute approximate surface area is 155 Å². The second kappa shape index (κ2) is 10.0. The summed E-state index contributed by atoms with van der Waals surface area (Å²) in [7, 11) is 3.35. The molecule has 1 aromatic carbocycles. The number of benzene rings is 1. The van der Waals surface area contributed by atoms with Crippen LogP contribution in [0.5, 0.6) is 5.75 Å². The van der Waals surface area contributed by atoms with E-state index in [-0.39, 0.29) is 18.4 Å². The minimum absolute atomic E-state index is 0.0218. The minimum Gasteiger partial charge on any atom is -0.497 e. The van der Waals surface area contributed by atoms with Crippen LogP contribution in [0.4, 0.5) is 5.69 Å². The third-order valence-corrected chi connectivity index (χ3v) is 4.53. The van der Waals surface area contributed by atoms with Crippen LogP contribution in [0.2, 0.25) is 0 Å². The van der Waals surface area contributed by atoms with E-state index in [4.69, 9.17) is 4.74 Å². The maximum absolute atomic E-state index is 12.3. The molecule has 0 atom stereocenters. The fourth-order valence-corrected chi connectivity index (χ4v) is 2.91. The Morgan fingerprint density at radius 3 is 2.62 bits per heavy atom. The molecule has 1 heterocycles. The molecule has 144 valence electrons. The van der Waals surface area contributed by atoms with E-state index in [1.54, 1.807) is 14.2 Å². The van der Waals surface area contributed by atoms with Crippen molar-refractivity contribution in [2.24, 2.45) is 0 Å². The monoisotopic (exact) mass is 362 g/mol. The highest BCUT2D eigenvalue weighted by Gasteiger charge is 2.21. The topological polar surface area (TPSA) is 65.1 Å². The highest BCUT2D eigenvalue weighted by Crippen LogP contribution is 2.22. The molecule has 1 aliphatic rings. The number of rotatable bonds is 8. The van der Waals surface area contributed by atoms with Crippen molar-refractivity contribution in [3.63, 3.8) is 0 Å². The quantitative estimate of drug-likeness (QED) is 0.741. The number of piperazine rings is 1. The van der Waals surface area contributed by atoms with Crippen LogP contribution >= 0.6 is 0 Å². The summed E-state index contributed by atoms with van der Waals surface area (Å²) >= 11 is 0. The van der Waals surface area contributed by atoms with Gasteiger partial charge in [0.05, 0.1) is 20.2 Å². The summed E-state index contributed by atoms with van der Waals surface area (Å²) in [6.07, 6.45) is 0.890. The highest BCUT2D eigenvalue weighted by atomic mass is 16.5. The standard InChI is InChI=1S/C19H30N4O3/c1-4-8-20-18(24)14-21(2)19(25)15-22-9-11-23(12-10-22)16-6-5-7-17(13-16)26-3/h5-7,13H,4,8-12,14-15H2,1-3H3,(H,20,24). The molecule has 1 fully saturated rings. The molecule has 0 bridgehead atoms. The zero-order valence-corrected chi connectivity index (χ0v) is 16.0. The van der Waals surface area contributed by atoms with Gasteiger partial charge in [0.2, 0.25) is 11.8 Å². The Morgan fingerprint density at radius 1 is 1.23 bits per heavy atom. The average molecular weight is 362 g/mol. The molecule has 2 amide bonds. The molecule has 0 spiro atoms. The number of carbonyl (C=O) groups is 2. The zero-order valence-electron chi connectivity index (χ0n) is 16.0. The van der Waals surface area contributed by atoms with Gasteiger partial charge in [-0.1, -0.05) is 13.0 Å². The van der Waals surface area contributed by atoms with E-state index < -0.39 is 0 Å². The summed E-state index contributed by atoms with van der Waals surface area (Å²) in [4.78, 5) is 30.0. The summed E-state index contributed by atoms with van der Waals surface area (Å²) in [5.41, 5.74) is 1.14. The van der Waals surface area contributed by atoms with Gasteiger partial charge in [0.25, 0.3) is 0 Å². The van der Waals surface area contributed by atoms with Gasteiger partial charge < -0.3 is 19.9 Å². The molecule has 1 aromatic rings. The molecule has 2 rings (SSSR count). The van der Waals surface area contributed by atoms with E-state index in [2.05, 4.69) is 21.2 Å². The molecule has 1 saturated heterocycles. The fourth-order valence-electron chi connectivity index (χ4n) is 2.91. The lowest BCUT2D eigenvalue weighted by atomic mass is 10.2. The predicted molar refractivity (Wildman–Crippen MR) is 103 cm³/mol. The molecule has 26 heavy (non-hydrogen) atoms. The van der Waals surface area contributed by atoms with E-state index >= 15 is 0 Å². The van der Waals surface area contributed by atoms with Crippen LogP contribution < -0.4 is 15.0 Å². The first-order chi connectivity index (χ1) is 12.5. The first-order valence-corrected chi connectivity index (χ1v) is 9.15. The Bertz CT molecular complexity index is 600. The van der Waals surface area contributed by atoms with Crippen molar-refractivity contribution >= 4 is 17.5 Å². The Morgan fingerprint density at radius 2 is 1.96 bits per heavy atom. The zero-order chi connectivity index (χ0) is 18.9. The molecule has 0 aliphatic carbocycles. The van der Waals surface area contributed by atoms with Gasteiger partial charge in [0.1, 0.15) is 5.75 Å². The van der Waals surface area contributed by atoms with Crippen LogP contribution in [-0.2, 0) is 9.59 Å². The fraction of sp³-hybridized carbons (Fsp3) is 0.579. The predicted octanol–water partition coefficient (Wildman–Crippen LogP) is 0.802. The van der Waals surface area contributed by atoms with Crippen molar-refractivity contribution in [3.8, 4) is 5.75 Å². The number of hydrogen-bond acceptors (Lipinski definition) is 5. The normalized spacial score (nSPS) is 14.8. The largest absolute Gasteiger partial charge is 0.497 e. The summed E-state index contributed by atoms with van der Waals surface area (Å²) in [5.74, 6) is 0.722. The van der Waals surface area contributed by atoms with E-state index in [1.165, 1.54) is 4.90 Å². The van der Waals surface area contributed by atoms with E-state index in [0.717, 1.165) is 44.0 Å². The van der Waals surface area contributed by atoms with Crippen LogP contribution in [-0.4, -0.2) is 81.6 Å². The second-order valence-electron chi connectivity index (χ2n) is 6.56. The van der Waals surface area contributed by atoms with Crippen molar-refractivity contribution in [1.82, 2.24) is 15.1 Å². The molecule has 1 N–H and O–H groups in total. The lowest BCUT2D eigenvalue weighted by Crippen LogP contribution is -2.50. The van der Waals surface area contributed by atoms with E-state index in [1.807, 2.05) is 25.1 Å². The molecule has 0 aromatic heterocycles. The molecule has 7 nitrogen and oxygen atoms in total. The molecular weight excluding hydrogens is 332 g/mol. The maximum Gasteiger partial charge on any atom is 0.239 e. The van der Waals surface area contributed by atoms with Crippen molar-refractivity contribution in [3.05, 3.63) is 24.3 Å². The average Bonchev–Trinajstić information content (AvgIpc) is 2.66. The Hall–Kier alpha value is -2.28.